The maximum atomic E-state index is 13.8. The zero-order valence-corrected chi connectivity index (χ0v) is 22.0. The van der Waals surface area contributed by atoms with Gasteiger partial charge < -0.3 is 14.2 Å². The highest BCUT2D eigenvalue weighted by Crippen LogP contribution is 2.30. The van der Waals surface area contributed by atoms with Crippen LogP contribution in [-0.4, -0.2) is 65.3 Å². The van der Waals surface area contributed by atoms with E-state index in [9.17, 15) is 13.2 Å². The Morgan fingerprint density at radius 3 is 2.63 bits per heavy atom. The number of hydrogen-bond donors (Lipinski definition) is 0. The van der Waals surface area contributed by atoms with Crippen molar-refractivity contribution in [2.45, 2.75) is 44.1 Å². The van der Waals surface area contributed by atoms with Crippen molar-refractivity contribution in [3.8, 4) is 0 Å². The Hall–Kier alpha value is -2.52. The minimum absolute atomic E-state index is 0.0869. The first-order valence-electron chi connectivity index (χ1n) is 11.7. The molecule has 2 rings (SSSR count). The number of rotatable bonds is 12. The molecule has 1 atom stereocenters. The van der Waals surface area contributed by atoms with Crippen LogP contribution in [0.1, 0.15) is 38.7 Å². The zero-order valence-electron chi connectivity index (χ0n) is 21.2. The van der Waals surface area contributed by atoms with Crippen molar-refractivity contribution in [2.75, 3.05) is 40.5 Å². The molecule has 1 aliphatic heterocycles. The molecular weight excluding hydrogens is 466 g/mol. The number of methoxy groups -OCH3 is 2. The SMILES string of the molecule is C=C/C(CC(=O)OC)=C(C)/C=C(\C=C/C)c1ccccc1S(=O)(=O)N1CCCC(OCCOC)C1. The summed E-state index contributed by atoms with van der Waals surface area (Å²) < 4.78 is 44.7. The van der Waals surface area contributed by atoms with Crippen molar-refractivity contribution in [2.24, 2.45) is 0 Å². The van der Waals surface area contributed by atoms with E-state index in [0.29, 0.717) is 37.4 Å². The fourth-order valence-corrected chi connectivity index (χ4v) is 5.67. The summed E-state index contributed by atoms with van der Waals surface area (Å²) in [4.78, 5) is 12.0. The van der Waals surface area contributed by atoms with Crippen LogP contribution in [0.3, 0.4) is 0 Å². The van der Waals surface area contributed by atoms with Gasteiger partial charge in [0.05, 0.1) is 37.7 Å². The van der Waals surface area contributed by atoms with E-state index < -0.39 is 10.0 Å². The second kappa shape index (κ2) is 14.1. The highest BCUT2D eigenvalue weighted by molar-refractivity contribution is 7.89. The molecular formula is C27H37NO6S. The van der Waals surface area contributed by atoms with Gasteiger partial charge in [-0.25, -0.2) is 8.42 Å². The Labute approximate surface area is 209 Å². The van der Waals surface area contributed by atoms with Gasteiger partial charge in [-0.15, -0.1) is 0 Å². The predicted molar refractivity (Wildman–Crippen MR) is 138 cm³/mol. The molecule has 192 valence electrons. The average Bonchev–Trinajstić information content (AvgIpc) is 2.87. The summed E-state index contributed by atoms with van der Waals surface area (Å²) >= 11 is 0. The van der Waals surface area contributed by atoms with Gasteiger partial charge >= 0.3 is 5.97 Å². The Bertz CT molecular complexity index is 1070. The largest absolute Gasteiger partial charge is 0.469 e. The third-order valence-electron chi connectivity index (χ3n) is 5.83. The smallest absolute Gasteiger partial charge is 0.309 e. The Morgan fingerprint density at radius 2 is 1.97 bits per heavy atom. The minimum atomic E-state index is -3.77. The molecule has 1 unspecified atom stereocenters. The van der Waals surface area contributed by atoms with Gasteiger partial charge in [-0.3, -0.25) is 4.79 Å². The Kier molecular flexibility index (Phi) is 11.6. The van der Waals surface area contributed by atoms with Crippen LogP contribution in [0.15, 0.2) is 71.2 Å². The lowest BCUT2D eigenvalue weighted by Gasteiger charge is -2.32. The van der Waals surface area contributed by atoms with E-state index in [-0.39, 0.29) is 23.4 Å². The third-order valence-corrected chi connectivity index (χ3v) is 7.75. The molecule has 8 heteroatoms. The lowest BCUT2D eigenvalue weighted by atomic mass is 9.99. The summed E-state index contributed by atoms with van der Waals surface area (Å²) in [6.45, 7) is 9.21. The second-order valence-electron chi connectivity index (χ2n) is 8.25. The number of nitrogens with zero attached hydrogens (tertiary/aromatic N) is 1. The molecule has 35 heavy (non-hydrogen) atoms. The number of carbonyl (C=O) groups is 1. The number of ether oxygens (including phenoxy) is 3. The summed E-state index contributed by atoms with van der Waals surface area (Å²) in [5.74, 6) is -0.365. The van der Waals surface area contributed by atoms with E-state index in [1.165, 1.54) is 11.4 Å². The summed E-state index contributed by atoms with van der Waals surface area (Å²) in [7, 11) is -0.816. The standard InChI is InChI=1S/C27H37NO6S/c1-6-11-23(18-21(3)22(7-2)19-27(29)33-5)25-13-8-9-14-26(25)35(30,31)28-15-10-12-24(20-28)34-17-16-32-4/h6-9,11,13-14,18,24H,2,10,12,15-17,19-20H2,1,3-5H3/b11-6-,22-21-,23-18+. The first kappa shape index (κ1) is 28.7. The molecule has 0 bridgehead atoms. The van der Waals surface area contributed by atoms with Gasteiger partial charge in [0.1, 0.15) is 0 Å². The fourth-order valence-electron chi connectivity index (χ4n) is 3.95. The van der Waals surface area contributed by atoms with Gasteiger partial charge in [0.2, 0.25) is 10.0 Å². The molecule has 0 radical (unpaired) electrons. The van der Waals surface area contributed by atoms with Crippen LogP contribution < -0.4 is 0 Å². The number of allylic oxidation sites excluding steroid dienone is 6. The van der Waals surface area contributed by atoms with Crippen LogP contribution in [0, 0.1) is 0 Å². The number of benzene rings is 1. The van der Waals surface area contributed by atoms with Crippen molar-refractivity contribution in [3.63, 3.8) is 0 Å². The lowest BCUT2D eigenvalue weighted by Crippen LogP contribution is -2.43. The first-order valence-corrected chi connectivity index (χ1v) is 13.2. The molecule has 0 saturated carbocycles. The summed E-state index contributed by atoms with van der Waals surface area (Å²) in [6.07, 6.45) is 8.69. The van der Waals surface area contributed by atoms with E-state index in [1.807, 2.05) is 38.1 Å². The average molecular weight is 504 g/mol. The van der Waals surface area contributed by atoms with Crippen LogP contribution in [0.2, 0.25) is 0 Å². The summed E-state index contributed by atoms with van der Waals surface area (Å²) in [5, 5.41) is 0. The first-order chi connectivity index (χ1) is 16.8. The molecule has 0 amide bonds. The van der Waals surface area contributed by atoms with Crippen molar-refractivity contribution in [3.05, 3.63) is 71.9 Å². The van der Waals surface area contributed by atoms with E-state index in [4.69, 9.17) is 14.2 Å². The maximum Gasteiger partial charge on any atom is 0.309 e. The highest BCUT2D eigenvalue weighted by Gasteiger charge is 2.32. The quantitative estimate of drug-likeness (QED) is 0.237. The predicted octanol–water partition coefficient (Wildman–Crippen LogP) is 4.53. The lowest BCUT2D eigenvalue weighted by molar-refractivity contribution is -0.139. The molecule has 1 saturated heterocycles. The molecule has 0 spiro atoms. The Balaban J connectivity index is 2.46. The van der Waals surface area contributed by atoms with Gasteiger partial charge in [-0.05, 0) is 49.5 Å². The van der Waals surface area contributed by atoms with Gasteiger partial charge in [-0.2, -0.15) is 4.31 Å². The molecule has 1 aliphatic rings. The van der Waals surface area contributed by atoms with Crippen molar-refractivity contribution >= 4 is 21.6 Å². The normalized spacial score (nSPS) is 18.4. The summed E-state index contributed by atoms with van der Waals surface area (Å²) in [5.41, 5.74) is 2.83. The van der Waals surface area contributed by atoms with Gasteiger partial charge in [0.15, 0.2) is 0 Å². The number of hydrogen-bond acceptors (Lipinski definition) is 6. The molecule has 1 aromatic carbocycles. The van der Waals surface area contributed by atoms with Gasteiger partial charge in [0, 0.05) is 25.8 Å². The topological polar surface area (TPSA) is 82.1 Å². The van der Waals surface area contributed by atoms with Gasteiger partial charge in [-0.1, -0.05) is 49.1 Å². The number of esters is 1. The second-order valence-corrected chi connectivity index (χ2v) is 10.2. The third kappa shape index (κ3) is 8.00. The van der Waals surface area contributed by atoms with Crippen LogP contribution in [0.4, 0.5) is 0 Å². The van der Waals surface area contributed by atoms with E-state index in [1.54, 1.807) is 31.4 Å². The molecule has 1 fully saturated rings. The monoisotopic (exact) mass is 503 g/mol. The van der Waals surface area contributed by atoms with Crippen molar-refractivity contribution in [1.82, 2.24) is 4.31 Å². The van der Waals surface area contributed by atoms with Crippen LogP contribution in [0.25, 0.3) is 5.57 Å². The van der Waals surface area contributed by atoms with Crippen LogP contribution >= 0.6 is 0 Å². The van der Waals surface area contributed by atoms with Crippen LogP contribution in [-0.2, 0) is 29.0 Å². The molecule has 1 aromatic rings. The molecule has 0 N–H and O–H groups in total. The van der Waals surface area contributed by atoms with E-state index in [2.05, 4.69) is 6.58 Å². The molecule has 7 nitrogen and oxygen atoms in total. The number of sulfonamides is 1. The van der Waals surface area contributed by atoms with Crippen LogP contribution in [0.5, 0.6) is 0 Å². The fraction of sp³-hybridized carbons (Fsp3) is 0.444. The minimum Gasteiger partial charge on any atom is -0.469 e. The summed E-state index contributed by atoms with van der Waals surface area (Å²) in [6, 6.07) is 6.99. The van der Waals surface area contributed by atoms with Gasteiger partial charge in [0.25, 0.3) is 0 Å². The number of piperidine rings is 1. The number of carbonyl (C=O) groups excluding carboxylic acids is 1. The van der Waals surface area contributed by atoms with Crippen molar-refractivity contribution < 1.29 is 27.4 Å². The van der Waals surface area contributed by atoms with E-state index >= 15 is 0 Å². The van der Waals surface area contributed by atoms with Crippen molar-refractivity contribution in [1.29, 1.82) is 0 Å². The zero-order chi connectivity index (χ0) is 25.8. The molecule has 0 aliphatic carbocycles. The highest BCUT2D eigenvalue weighted by atomic mass is 32.2. The molecule has 1 heterocycles. The Morgan fingerprint density at radius 1 is 1.23 bits per heavy atom. The van der Waals surface area contributed by atoms with E-state index in [0.717, 1.165) is 24.0 Å². The maximum absolute atomic E-state index is 13.8. The molecule has 0 aromatic heterocycles.